The van der Waals surface area contributed by atoms with Crippen LogP contribution in [0.15, 0.2) is 41.3 Å². The molecular weight excluding hydrogens is 438 g/mol. The minimum absolute atomic E-state index is 0.0508. The van der Waals surface area contributed by atoms with E-state index in [0.717, 1.165) is 50.0 Å². The first-order valence-electron chi connectivity index (χ1n) is 12.7. The van der Waals surface area contributed by atoms with E-state index < -0.39 is 0 Å². The van der Waals surface area contributed by atoms with E-state index >= 15 is 0 Å². The largest absolute Gasteiger partial charge is 0.376 e. The van der Waals surface area contributed by atoms with Gasteiger partial charge in [0.2, 0.25) is 0 Å². The first-order valence-corrected chi connectivity index (χ1v) is 13.6. The van der Waals surface area contributed by atoms with Crippen molar-refractivity contribution < 1.29 is 4.74 Å². The van der Waals surface area contributed by atoms with E-state index in [1.54, 1.807) is 0 Å². The molecule has 4 nitrogen and oxygen atoms in total. The molecule has 0 aliphatic carbocycles. The van der Waals surface area contributed by atoms with Crippen molar-refractivity contribution in [1.29, 1.82) is 5.26 Å². The summed E-state index contributed by atoms with van der Waals surface area (Å²) >= 11 is 0.981. The molecule has 0 amide bonds. The van der Waals surface area contributed by atoms with Crippen molar-refractivity contribution in [3.05, 3.63) is 46.9 Å². The number of anilines is 1. The predicted octanol–water partition coefficient (Wildman–Crippen LogP) is 8.57. The lowest BCUT2D eigenvalue weighted by atomic mass is 10.1. The number of benzene rings is 2. The first-order chi connectivity index (χ1) is 16.3. The van der Waals surface area contributed by atoms with Crippen molar-refractivity contribution >= 4 is 34.5 Å². The van der Waals surface area contributed by atoms with Gasteiger partial charge in [0.05, 0.1) is 5.60 Å². The fourth-order valence-corrected chi connectivity index (χ4v) is 3.47. The summed E-state index contributed by atoms with van der Waals surface area (Å²) in [4.78, 5) is 2.95. The van der Waals surface area contributed by atoms with Crippen LogP contribution in [0.2, 0.25) is 0 Å². The molecule has 5 heteroatoms. The molecule has 0 unspecified atom stereocenters. The molecule has 0 atom stereocenters. The van der Waals surface area contributed by atoms with Crippen LogP contribution in [0.1, 0.15) is 86.6 Å². The van der Waals surface area contributed by atoms with Gasteiger partial charge in [-0.15, -0.1) is 0 Å². The minimum Gasteiger partial charge on any atom is -0.376 e. The van der Waals surface area contributed by atoms with E-state index in [-0.39, 0.29) is 5.60 Å². The Labute approximate surface area is 213 Å². The molecule has 0 aliphatic heterocycles. The molecule has 34 heavy (non-hydrogen) atoms. The first kappa shape index (κ1) is 32.0. The highest BCUT2D eigenvalue weighted by atomic mass is 32.2. The highest BCUT2D eigenvalue weighted by molar-refractivity contribution is 8.01. The predicted molar refractivity (Wildman–Crippen MR) is 154 cm³/mol. The van der Waals surface area contributed by atoms with Crippen molar-refractivity contribution in [1.82, 2.24) is 0 Å². The number of ether oxygens (including phenoxy) is 1. The monoisotopic (exact) mass is 485 g/mol. The Balaban J connectivity index is 0.000000836. The zero-order valence-corrected chi connectivity index (χ0v) is 23.6. The summed E-state index contributed by atoms with van der Waals surface area (Å²) in [5.41, 5.74) is 2.33. The van der Waals surface area contributed by atoms with Crippen molar-refractivity contribution in [3.63, 3.8) is 0 Å². The molecule has 0 bridgehead atoms. The maximum Gasteiger partial charge on any atom is 0.107 e. The molecule has 0 heterocycles. The molecule has 0 saturated heterocycles. The van der Waals surface area contributed by atoms with Crippen LogP contribution < -0.4 is 10.0 Å². The van der Waals surface area contributed by atoms with Crippen LogP contribution in [0.3, 0.4) is 0 Å². The second-order valence-corrected chi connectivity index (χ2v) is 9.51. The number of nitrogens with zero attached hydrogens (tertiary/aromatic N) is 2. The molecule has 190 valence electrons. The highest BCUT2D eigenvalue weighted by Gasteiger charge is 2.08. The summed E-state index contributed by atoms with van der Waals surface area (Å²) in [6, 6.07) is 14.9. The highest BCUT2D eigenvalue weighted by Crippen LogP contribution is 2.25. The van der Waals surface area contributed by atoms with Gasteiger partial charge < -0.3 is 9.64 Å². The fourth-order valence-electron chi connectivity index (χ4n) is 3.21. The van der Waals surface area contributed by atoms with Crippen molar-refractivity contribution in [2.75, 3.05) is 24.6 Å². The summed E-state index contributed by atoms with van der Waals surface area (Å²) in [6.45, 7) is 19.9. The Morgan fingerprint density at radius 3 is 2.09 bits per heavy atom. The summed E-state index contributed by atoms with van der Waals surface area (Å²) in [5.74, 6) is 0. The molecule has 0 aliphatic rings. The molecular formula is C29H47N3OS. The maximum absolute atomic E-state index is 8.97. The average molecular weight is 486 g/mol. The molecule has 2 N–H and O–H groups in total. The summed E-state index contributed by atoms with van der Waals surface area (Å²) < 4.78 is 5.47. The van der Waals surface area contributed by atoms with Gasteiger partial charge >= 0.3 is 0 Å². The smallest absolute Gasteiger partial charge is 0.107 e. The molecule has 0 spiro atoms. The molecule has 0 saturated carbocycles. The maximum atomic E-state index is 8.97. The zero-order chi connectivity index (χ0) is 26.0. The normalized spacial score (nSPS) is 11.1. The second-order valence-electron chi connectivity index (χ2n) is 8.83. The fraction of sp³-hybridized carbons (Fsp3) is 0.552. The van der Waals surface area contributed by atoms with Crippen LogP contribution in [-0.2, 0) is 4.74 Å². The molecule has 0 fully saturated rings. The third kappa shape index (κ3) is 13.0. The van der Waals surface area contributed by atoms with Gasteiger partial charge in [0.15, 0.2) is 0 Å². The number of nitriles is 1. The van der Waals surface area contributed by atoms with Gasteiger partial charge in [0.25, 0.3) is 0 Å². The Bertz CT molecular complexity index is 875. The Morgan fingerprint density at radius 1 is 1.00 bits per heavy atom. The van der Waals surface area contributed by atoms with E-state index in [1.807, 2.05) is 26.0 Å². The quantitative estimate of drug-likeness (QED) is 0.207. The van der Waals surface area contributed by atoms with Gasteiger partial charge in [-0.25, -0.2) is 0 Å². The molecule has 2 rings (SSSR count). The topological polar surface area (TPSA) is 62.3 Å². The number of nitrogens with two attached hydrogens (primary N) is 1. The van der Waals surface area contributed by atoms with Crippen molar-refractivity contribution in [3.8, 4) is 6.07 Å². The van der Waals surface area contributed by atoms with Gasteiger partial charge in [-0.1, -0.05) is 59.2 Å². The molecule has 0 radical (unpaired) electrons. The molecule has 2 aromatic carbocycles. The lowest BCUT2D eigenvalue weighted by Crippen LogP contribution is -2.24. The summed E-state index contributed by atoms with van der Waals surface area (Å²) in [5, 5.41) is 16.8. The van der Waals surface area contributed by atoms with Crippen LogP contribution in [0, 0.1) is 11.3 Å². The molecule has 2 aromatic rings. The number of hydrogen-bond acceptors (Lipinski definition) is 5. The Kier molecular flexibility index (Phi) is 17.3. The van der Waals surface area contributed by atoms with Gasteiger partial charge in [-0.3, -0.25) is 5.14 Å². The lowest BCUT2D eigenvalue weighted by molar-refractivity contribution is -0.00415. The van der Waals surface area contributed by atoms with Gasteiger partial charge in [-0.2, -0.15) is 5.26 Å². The van der Waals surface area contributed by atoms with E-state index in [0.29, 0.717) is 4.91 Å². The van der Waals surface area contributed by atoms with E-state index in [9.17, 15) is 0 Å². The second kappa shape index (κ2) is 18.3. The lowest BCUT2D eigenvalue weighted by Gasteiger charge is -2.24. The molecule has 0 aromatic heterocycles. The summed E-state index contributed by atoms with van der Waals surface area (Å²) in [7, 11) is 0. The van der Waals surface area contributed by atoms with Crippen LogP contribution >= 0.6 is 11.9 Å². The Hall–Kier alpha value is -2.00. The van der Waals surface area contributed by atoms with E-state index in [4.69, 9.17) is 15.1 Å². The standard InChI is InChI=1S/C19H23N3S.C8H18O.C2H6/c1-3-9-22(10-4-2)18-8-7-16-11-15(5-6-17(16)13-18)12-19(14-20)23-21;1-5-6-7-9-8(2,3)4;1-2/h5-8,11-13H,3-4,9-10,21H2,1-2H3;5-7H2,1-4H3;1-2H3/b19-12+;;. The zero-order valence-electron chi connectivity index (χ0n) is 22.8. The number of unbranched alkanes of at least 4 members (excludes halogenated alkanes) is 1. The number of fused-ring (bicyclic) bond motifs is 1. The summed E-state index contributed by atoms with van der Waals surface area (Å²) in [6.07, 6.45) is 6.51. The third-order valence-corrected chi connectivity index (χ3v) is 5.23. The van der Waals surface area contributed by atoms with Crippen LogP contribution in [0.5, 0.6) is 0 Å². The van der Waals surface area contributed by atoms with E-state index in [2.05, 4.69) is 82.8 Å². The average Bonchev–Trinajstić information content (AvgIpc) is 2.83. The van der Waals surface area contributed by atoms with Gasteiger partial charge in [0, 0.05) is 25.4 Å². The number of allylic oxidation sites excluding steroid dienone is 1. The van der Waals surface area contributed by atoms with Crippen LogP contribution in [0.4, 0.5) is 5.69 Å². The van der Waals surface area contributed by atoms with Gasteiger partial charge in [0.1, 0.15) is 11.0 Å². The van der Waals surface area contributed by atoms with Gasteiger partial charge in [-0.05, 0) is 92.6 Å². The van der Waals surface area contributed by atoms with Crippen LogP contribution in [0.25, 0.3) is 16.8 Å². The minimum atomic E-state index is 0.0508. The number of rotatable bonds is 10. The number of hydrogen-bond donors (Lipinski definition) is 1. The van der Waals surface area contributed by atoms with Crippen molar-refractivity contribution in [2.24, 2.45) is 5.14 Å². The van der Waals surface area contributed by atoms with E-state index in [1.165, 1.54) is 29.3 Å². The Morgan fingerprint density at radius 2 is 1.59 bits per heavy atom. The van der Waals surface area contributed by atoms with Crippen LogP contribution in [-0.4, -0.2) is 25.3 Å². The third-order valence-electron chi connectivity index (χ3n) is 4.77. The SMILES string of the molecule is CC.CCCCOC(C)(C)C.CCCN(CCC)c1ccc2cc(/C=C(\C#N)SN)ccc2c1. The van der Waals surface area contributed by atoms with Crippen molar-refractivity contribution in [2.45, 2.75) is 86.7 Å².